The molecule has 0 bridgehead atoms. The Labute approximate surface area is 70.2 Å². The summed E-state index contributed by atoms with van der Waals surface area (Å²) in [7, 11) is 0. The SMILES string of the molecule is CCC(C)[C@@](C)(CC)C(C)F. The van der Waals surface area contributed by atoms with Crippen LogP contribution in [0.1, 0.15) is 47.5 Å². The molecule has 0 N–H and O–H groups in total. The zero-order chi connectivity index (χ0) is 9.07. The van der Waals surface area contributed by atoms with E-state index in [4.69, 9.17) is 0 Å². The lowest BCUT2D eigenvalue weighted by Crippen LogP contribution is -2.32. The second kappa shape index (κ2) is 4.08. The highest BCUT2D eigenvalue weighted by Gasteiger charge is 2.34. The van der Waals surface area contributed by atoms with Gasteiger partial charge in [-0.2, -0.15) is 0 Å². The highest BCUT2D eigenvalue weighted by atomic mass is 19.1. The lowest BCUT2D eigenvalue weighted by Gasteiger charge is -2.35. The van der Waals surface area contributed by atoms with Crippen molar-refractivity contribution >= 4 is 0 Å². The van der Waals surface area contributed by atoms with Crippen LogP contribution in [-0.2, 0) is 0 Å². The first-order chi connectivity index (χ1) is 4.99. The summed E-state index contributed by atoms with van der Waals surface area (Å²) >= 11 is 0. The van der Waals surface area contributed by atoms with Crippen molar-refractivity contribution in [3.63, 3.8) is 0 Å². The van der Waals surface area contributed by atoms with Gasteiger partial charge >= 0.3 is 0 Å². The van der Waals surface area contributed by atoms with E-state index in [0.717, 1.165) is 12.8 Å². The molecule has 0 aromatic heterocycles. The third-order valence-corrected chi connectivity index (χ3v) is 3.41. The minimum atomic E-state index is -0.692. The minimum Gasteiger partial charge on any atom is -0.247 e. The van der Waals surface area contributed by atoms with E-state index in [9.17, 15) is 4.39 Å². The van der Waals surface area contributed by atoms with Crippen molar-refractivity contribution in [2.75, 3.05) is 0 Å². The van der Waals surface area contributed by atoms with Gasteiger partial charge in [-0.15, -0.1) is 0 Å². The second-order valence-corrected chi connectivity index (χ2v) is 3.78. The van der Waals surface area contributed by atoms with Gasteiger partial charge in [0.05, 0.1) is 0 Å². The zero-order valence-electron chi connectivity index (χ0n) is 8.45. The molecule has 68 valence electrons. The molecule has 0 radical (unpaired) electrons. The predicted molar refractivity (Wildman–Crippen MR) is 48.4 cm³/mol. The molecular weight excluding hydrogens is 139 g/mol. The third kappa shape index (κ3) is 2.18. The molecule has 0 spiro atoms. The Morgan fingerprint density at radius 2 is 1.73 bits per heavy atom. The Balaban J connectivity index is 4.32. The molecule has 0 saturated heterocycles. The minimum absolute atomic E-state index is 0.116. The molecule has 2 unspecified atom stereocenters. The van der Waals surface area contributed by atoms with Crippen LogP contribution in [0.5, 0.6) is 0 Å². The molecule has 0 heterocycles. The summed E-state index contributed by atoms with van der Waals surface area (Å²) < 4.78 is 13.2. The van der Waals surface area contributed by atoms with Crippen LogP contribution in [0.2, 0.25) is 0 Å². The van der Waals surface area contributed by atoms with Crippen LogP contribution in [0.3, 0.4) is 0 Å². The topological polar surface area (TPSA) is 0 Å². The van der Waals surface area contributed by atoms with Crippen LogP contribution in [0.15, 0.2) is 0 Å². The summed E-state index contributed by atoms with van der Waals surface area (Å²) in [4.78, 5) is 0. The highest BCUT2D eigenvalue weighted by molar-refractivity contribution is 4.82. The van der Waals surface area contributed by atoms with Crippen molar-refractivity contribution in [1.29, 1.82) is 0 Å². The van der Waals surface area contributed by atoms with Gasteiger partial charge in [-0.1, -0.05) is 34.1 Å². The molecule has 1 heteroatoms. The lowest BCUT2D eigenvalue weighted by molar-refractivity contribution is 0.0695. The fourth-order valence-electron chi connectivity index (χ4n) is 1.49. The molecule has 0 aromatic rings. The standard InChI is InChI=1S/C10H21F/c1-6-8(3)10(5,7-2)9(4)11/h8-9H,6-7H2,1-5H3/t8?,9?,10-/m1/s1. The lowest BCUT2D eigenvalue weighted by atomic mass is 9.72. The van der Waals surface area contributed by atoms with Crippen LogP contribution in [0.4, 0.5) is 4.39 Å². The average Bonchev–Trinajstić information content (AvgIpc) is 2.01. The van der Waals surface area contributed by atoms with E-state index in [1.807, 2.05) is 6.92 Å². The summed E-state index contributed by atoms with van der Waals surface area (Å²) in [6.07, 6.45) is 1.31. The average molecular weight is 160 g/mol. The van der Waals surface area contributed by atoms with E-state index < -0.39 is 6.17 Å². The molecule has 0 aliphatic carbocycles. The largest absolute Gasteiger partial charge is 0.247 e. The van der Waals surface area contributed by atoms with E-state index >= 15 is 0 Å². The Hall–Kier alpha value is -0.0700. The fraction of sp³-hybridized carbons (Fsp3) is 1.00. The number of alkyl halides is 1. The van der Waals surface area contributed by atoms with Gasteiger partial charge in [0.15, 0.2) is 0 Å². The summed E-state index contributed by atoms with van der Waals surface area (Å²) in [6, 6.07) is 0. The molecular formula is C10H21F. The van der Waals surface area contributed by atoms with E-state index in [-0.39, 0.29) is 5.41 Å². The Morgan fingerprint density at radius 1 is 1.27 bits per heavy atom. The number of hydrogen-bond donors (Lipinski definition) is 0. The number of halogens is 1. The first kappa shape index (κ1) is 10.9. The Bertz CT molecular complexity index is 109. The maximum atomic E-state index is 13.2. The normalized spacial score (nSPS) is 22.4. The molecule has 0 aromatic carbocycles. The van der Waals surface area contributed by atoms with Gasteiger partial charge in [-0.25, -0.2) is 4.39 Å². The maximum absolute atomic E-state index is 13.2. The zero-order valence-corrected chi connectivity index (χ0v) is 8.45. The van der Waals surface area contributed by atoms with E-state index in [1.54, 1.807) is 6.92 Å². The van der Waals surface area contributed by atoms with Gasteiger partial charge < -0.3 is 0 Å². The molecule has 0 amide bonds. The van der Waals surface area contributed by atoms with E-state index in [2.05, 4.69) is 20.8 Å². The molecule has 0 aliphatic rings. The quantitative estimate of drug-likeness (QED) is 0.586. The summed E-state index contributed by atoms with van der Waals surface area (Å²) in [5.74, 6) is 0.479. The second-order valence-electron chi connectivity index (χ2n) is 3.78. The fourth-order valence-corrected chi connectivity index (χ4v) is 1.49. The summed E-state index contributed by atoms with van der Waals surface area (Å²) in [6.45, 7) is 10.1. The van der Waals surface area contributed by atoms with Gasteiger partial charge in [0.1, 0.15) is 6.17 Å². The van der Waals surface area contributed by atoms with Crippen molar-refractivity contribution in [3.05, 3.63) is 0 Å². The Kier molecular flexibility index (Phi) is 4.05. The molecule has 11 heavy (non-hydrogen) atoms. The van der Waals surface area contributed by atoms with Crippen LogP contribution in [0.25, 0.3) is 0 Å². The van der Waals surface area contributed by atoms with Crippen molar-refractivity contribution in [1.82, 2.24) is 0 Å². The van der Waals surface area contributed by atoms with E-state index in [0.29, 0.717) is 5.92 Å². The Morgan fingerprint density at radius 3 is 1.82 bits per heavy atom. The maximum Gasteiger partial charge on any atom is 0.103 e. The van der Waals surface area contributed by atoms with Gasteiger partial charge in [-0.3, -0.25) is 0 Å². The van der Waals surface area contributed by atoms with Gasteiger partial charge in [0.25, 0.3) is 0 Å². The monoisotopic (exact) mass is 160 g/mol. The summed E-state index contributed by atoms with van der Waals surface area (Å²) in [5.41, 5.74) is -0.116. The molecule has 0 nitrogen and oxygen atoms in total. The van der Waals surface area contributed by atoms with Gasteiger partial charge in [0, 0.05) is 5.41 Å². The molecule has 0 fully saturated rings. The number of hydrogen-bond acceptors (Lipinski definition) is 0. The van der Waals surface area contributed by atoms with Gasteiger partial charge in [-0.05, 0) is 19.3 Å². The third-order valence-electron chi connectivity index (χ3n) is 3.41. The van der Waals surface area contributed by atoms with Crippen LogP contribution in [-0.4, -0.2) is 6.17 Å². The smallest absolute Gasteiger partial charge is 0.103 e. The number of rotatable bonds is 4. The predicted octanol–water partition coefficient (Wildman–Crippen LogP) is 3.81. The molecule has 0 saturated carbocycles. The van der Waals surface area contributed by atoms with E-state index in [1.165, 1.54) is 0 Å². The van der Waals surface area contributed by atoms with Crippen molar-refractivity contribution < 1.29 is 4.39 Å². The molecule has 0 aliphatic heterocycles. The van der Waals surface area contributed by atoms with Crippen LogP contribution >= 0.6 is 0 Å². The molecule has 3 atom stereocenters. The van der Waals surface area contributed by atoms with Crippen molar-refractivity contribution in [2.24, 2.45) is 11.3 Å². The highest BCUT2D eigenvalue weighted by Crippen LogP contribution is 2.38. The summed E-state index contributed by atoms with van der Waals surface area (Å²) in [5, 5.41) is 0. The first-order valence-electron chi connectivity index (χ1n) is 4.63. The van der Waals surface area contributed by atoms with Crippen LogP contribution < -0.4 is 0 Å². The van der Waals surface area contributed by atoms with Crippen LogP contribution in [0, 0.1) is 11.3 Å². The van der Waals surface area contributed by atoms with Crippen molar-refractivity contribution in [3.8, 4) is 0 Å². The van der Waals surface area contributed by atoms with Gasteiger partial charge in [0.2, 0.25) is 0 Å². The first-order valence-corrected chi connectivity index (χ1v) is 4.63. The molecule has 0 rings (SSSR count). The van der Waals surface area contributed by atoms with Crippen molar-refractivity contribution in [2.45, 2.75) is 53.6 Å².